The van der Waals surface area contributed by atoms with Crippen LogP contribution in [0.25, 0.3) is 43.0 Å². The summed E-state index contributed by atoms with van der Waals surface area (Å²) in [5, 5.41) is 1.42. The number of rotatable bonds is 4. The number of aromatic nitrogens is 1. The van der Waals surface area contributed by atoms with Crippen LogP contribution in [0.15, 0.2) is 121 Å². The average molecular weight is 630 g/mol. The predicted molar refractivity (Wildman–Crippen MR) is 167 cm³/mol. The zero-order chi connectivity index (χ0) is 30.9. The zero-order valence-corrected chi connectivity index (χ0v) is 24.9. The van der Waals surface area contributed by atoms with Crippen LogP contribution in [0.4, 0.5) is 13.2 Å². The van der Waals surface area contributed by atoms with Crippen molar-refractivity contribution in [3.63, 3.8) is 0 Å². The standard InChI is InChI=1S/C34H26NS.CHF3O3S/c1-4-12-24(13-5-1)23-35-31(26-16-8-3-9-17-26)22-30(25-14-6-2-7-15-25)28-20-21-29-27-18-10-11-19-32(27)36-34(29)33(28)35;2-1(3,4)8(5,6)7/h1-19,22H,20-21,23H2;(H,5,6,7)/q+1;/p-1. The van der Waals surface area contributed by atoms with Crippen molar-refractivity contribution >= 4 is 31.5 Å². The van der Waals surface area contributed by atoms with Gasteiger partial charge in [0.2, 0.25) is 11.4 Å². The Morgan fingerprint density at radius 1 is 0.727 bits per heavy atom. The van der Waals surface area contributed by atoms with E-state index in [-0.39, 0.29) is 0 Å². The summed E-state index contributed by atoms with van der Waals surface area (Å²) in [6, 6.07) is 44.1. The van der Waals surface area contributed by atoms with Gasteiger partial charge in [-0.05, 0) is 53.1 Å². The summed E-state index contributed by atoms with van der Waals surface area (Å²) in [7, 11) is -6.09. The number of alkyl halides is 3. The maximum Gasteiger partial charge on any atom is 0.485 e. The van der Waals surface area contributed by atoms with E-state index in [1.807, 2.05) is 11.3 Å². The molecule has 0 fully saturated rings. The molecule has 7 rings (SSSR count). The van der Waals surface area contributed by atoms with Gasteiger partial charge in [-0.25, -0.2) is 8.42 Å². The number of thiophene rings is 1. The summed E-state index contributed by atoms with van der Waals surface area (Å²) < 4.78 is 62.9. The van der Waals surface area contributed by atoms with Crippen molar-refractivity contribution in [1.82, 2.24) is 0 Å². The zero-order valence-electron chi connectivity index (χ0n) is 23.3. The summed E-state index contributed by atoms with van der Waals surface area (Å²) in [4.78, 5) is 1.43. The molecule has 1 aliphatic carbocycles. The molecule has 6 aromatic rings. The van der Waals surface area contributed by atoms with Gasteiger partial charge in [-0.3, -0.25) is 0 Å². The Bertz CT molecular complexity index is 2040. The number of aryl methyl sites for hydroxylation is 1. The quantitative estimate of drug-likeness (QED) is 0.112. The minimum Gasteiger partial charge on any atom is -0.741 e. The highest BCUT2D eigenvalue weighted by atomic mass is 32.2. The predicted octanol–water partition coefficient (Wildman–Crippen LogP) is 8.39. The first kappa shape index (κ1) is 29.7. The minimum atomic E-state index is -6.09. The minimum absolute atomic E-state index is 0.843. The molecular formula is C35H26F3NO3S2. The number of benzene rings is 4. The van der Waals surface area contributed by atoms with Crippen LogP contribution in [0.1, 0.15) is 16.7 Å². The maximum absolute atomic E-state index is 10.7. The monoisotopic (exact) mass is 629 g/mol. The fourth-order valence-electron chi connectivity index (χ4n) is 5.67. The summed E-state index contributed by atoms with van der Waals surface area (Å²) >= 11 is 1.95. The Labute approximate surface area is 257 Å². The van der Waals surface area contributed by atoms with E-state index in [1.54, 1.807) is 0 Å². The Morgan fingerprint density at radius 3 is 1.86 bits per heavy atom. The average Bonchev–Trinajstić information content (AvgIpc) is 3.41. The number of fused-ring (bicyclic) bond motifs is 5. The molecule has 0 unspecified atom stereocenters. The van der Waals surface area contributed by atoms with Crippen molar-refractivity contribution in [2.45, 2.75) is 24.9 Å². The molecule has 0 aliphatic heterocycles. The third-order valence-corrected chi connectivity index (χ3v) is 9.40. The molecule has 2 aromatic heterocycles. The SMILES string of the molecule is O=S(=O)([O-])C(F)(F)F.c1ccc(C[n+]2c(-c3ccccc3)cc(-c3ccccc3)c3c2-c2sc4ccccc4c2CC3)cc1. The molecule has 1 aliphatic rings. The summed E-state index contributed by atoms with van der Waals surface area (Å²) in [6.07, 6.45) is 2.14. The lowest BCUT2D eigenvalue weighted by molar-refractivity contribution is -0.666. The first-order chi connectivity index (χ1) is 21.1. The normalized spacial score (nSPS) is 12.6. The van der Waals surface area contributed by atoms with E-state index < -0.39 is 15.6 Å². The molecule has 0 N–H and O–H groups in total. The van der Waals surface area contributed by atoms with Crippen LogP contribution in [0.2, 0.25) is 0 Å². The lowest BCUT2D eigenvalue weighted by Gasteiger charge is -2.21. The van der Waals surface area contributed by atoms with Crippen LogP contribution in [0, 0.1) is 0 Å². The van der Waals surface area contributed by atoms with Gasteiger partial charge in [0.25, 0.3) is 0 Å². The van der Waals surface area contributed by atoms with Gasteiger partial charge in [-0.1, -0.05) is 97.1 Å². The first-order valence-electron chi connectivity index (χ1n) is 13.9. The second-order valence-electron chi connectivity index (χ2n) is 10.4. The molecule has 0 saturated carbocycles. The van der Waals surface area contributed by atoms with Crippen LogP contribution >= 0.6 is 11.3 Å². The summed E-state index contributed by atoms with van der Waals surface area (Å²) in [6.45, 7) is 0.843. The van der Waals surface area contributed by atoms with Crippen molar-refractivity contribution in [2.24, 2.45) is 0 Å². The first-order valence-corrected chi connectivity index (χ1v) is 16.1. The van der Waals surface area contributed by atoms with Gasteiger partial charge in [0, 0.05) is 27.5 Å². The second-order valence-corrected chi connectivity index (χ2v) is 12.8. The number of nitrogens with zero attached hydrogens (tertiary/aromatic N) is 1. The van der Waals surface area contributed by atoms with Gasteiger partial charge >= 0.3 is 5.51 Å². The smallest absolute Gasteiger partial charge is 0.485 e. The van der Waals surface area contributed by atoms with Gasteiger partial charge in [0.1, 0.15) is 4.88 Å². The molecule has 222 valence electrons. The lowest BCUT2D eigenvalue weighted by Crippen LogP contribution is -2.41. The lowest BCUT2D eigenvalue weighted by atomic mass is 9.86. The van der Waals surface area contributed by atoms with E-state index >= 15 is 0 Å². The molecule has 0 saturated heterocycles. The Balaban J connectivity index is 0.000000381. The maximum atomic E-state index is 10.7. The van der Waals surface area contributed by atoms with E-state index in [1.165, 1.54) is 59.7 Å². The van der Waals surface area contributed by atoms with E-state index in [2.05, 4.69) is 126 Å². The molecule has 0 atom stereocenters. The van der Waals surface area contributed by atoms with Gasteiger partial charge < -0.3 is 4.55 Å². The highest BCUT2D eigenvalue weighted by Gasteiger charge is 2.37. The molecule has 4 nitrogen and oxygen atoms in total. The topological polar surface area (TPSA) is 61.1 Å². The molecule has 44 heavy (non-hydrogen) atoms. The van der Waals surface area contributed by atoms with E-state index in [4.69, 9.17) is 13.0 Å². The number of halogens is 3. The largest absolute Gasteiger partial charge is 0.741 e. The van der Waals surface area contributed by atoms with Crippen LogP contribution in [0.3, 0.4) is 0 Å². The number of hydrogen-bond donors (Lipinski definition) is 0. The third-order valence-electron chi connectivity index (χ3n) is 7.61. The molecular weight excluding hydrogens is 604 g/mol. The summed E-state index contributed by atoms with van der Waals surface area (Å²) in [5.41, 5.74) is 5.21. The van der Waals surface area contributed by atoms with Crippen molar-refractivity contribution in [3.05, 3.63) is 138 Å². The van der Waals surface area contributed by atoms with Crippen molar-refractivity contribution < 1.29 is 30.7 Å². The van der Waals surface area contributed by atoms with Gasteiger partial charge in [0.15, 0.2) is 16.7 Å². The second kappa shape index (κ2) is 12.0. The molecule has 0 spiro atoms. The Morgan fingerprint density at radius 2 is 1.25 bits per heavy atom. The van der Waals surface area contributed by atoms with Crippen LogP contribution < -0.4 is 4.57 Å². The number of hydrogen-bond acceptors (Lipinski definition) is 4. The van der Waals surface area contributed by atoms with Crippen LogP contribution in [-0.2, 0) is 29.5 Å². The Kier molecular flexibility index (Phi) is 8.11. The van der Waals surface area contributed by atoms with Gasteiger partial charge in [-0.15, -0.1) is 11.3 Å². The molecule has 9 heteroatoms. The van der Waals surface area contributed by atoms with E-state index in [0.29, 0.717) is 0 Å². The molecule has 0 bridgehead atoms. The van der Waals surface area contributed by atoms with Crippen molar-refractivity contribution in [1.29, 1.82) is 0 Å². The van der Waals surface area contributed by atoms with E-state index in [0.717, 1.165) is 19.4 Å². The third kappa shape index (κ3) is 5.91. The number of pyridine rings is 1. The summed E-state index contributed by atoms with van der Waals surface area (Å²) in [5.74, 6) is 0. The molecule has 4 aromatic carbocycles. The van der Waals surface area contributed by atoms with Crippen molar-refractivity contribution in [3.8, 4) is 33.0 Å². The molecule has 0 radical (unpaired) electrons. The van der Waals surface area contributed by atoms with Gasteiger partial charge in [-0.2, -0.15) is 17.7 Å². The highest BCUT2D eigenvalue weighted by molar-refractivity contribution is 7.86. The van der Waals surface area contributed by atoms with Crippen LogP contribution in [0.5, 0.6) is 0 Å². The Hall–Kier alpha value is -4.31. The van der Waals surface area contributed by atoms with E-state index in [9.17, 15) is 13.2 Å². The molecule has 0 amide bonds. The highest BCUT2D eigenvalue weighted by Crippen LogP contribution is 2.46. The van der Waals surface area contributed by atoms with Gasteiger partial charge in [0.05, 0.1) is 0 Å². The van der Waals surface area contributed by atoms with Crippen LogP contribution in [-0.4, -0.2) is 18.5 Å². The molecule has 2 heterocycles. The fourth-order valence-corrected chi connectivity index (χ4v) is 7.00. The fraction of sp³-hybridized carbons (Fsp3) is 0.114. The van der Waals surface area contributed by atoms with Crippen molar-refractivity contribution in [2.75, 3.05) is 0 Å².